The Bertz CT molecular complexity index is 353. The van der Waals surface area contributed by atoms with E-state index in [1.807, 2.05) is 24.3 Å². The van der Waals surface area contributed by atoms with Crippen molar-refractivity contribution >= 4 is 16.8 Å². The summed E-state index contributed by atoms with van der Waals surface area (Å²) in [6.07, 6.45) is 0. The third kappa shape index (κ3) is 0.572. The first-order chi connectivity index (χ1) is 4.88. The molecular formula is C7H5N2O. The summed E-state index contributed by atoms with van der Waals surface area (Å²) in [6.45, 7) is 0. The number of nitrogens with zero attached hydrogens (tertiary/aromatic N) is 1. The minimum Gasteiger partial charge on any atom is -0.336 e. The van der Waals surface area contributed by atoms with Gasteiger partial charge in [0.05, 0.1) is 5.39 Å². The molecule has 0 aliphatic heterocycles. The van der Waals surface area contributed by atoms with Gasteiger partial charge in [0, 0.05) is 0 Å². The summed E-state index contributed by atoms with van der Waals surface area (Å²) >= 11 is 0. The Morgan fingerprint density at radius 3 is 2.90 bits per heavy atom. The van der Waals surface area contributed by atoms with Crippen LogP contribution in [0.15, 0.2) is 28.8 Å². The monoisotopic (exact) mass is 133 g/mol. The zero-order valence-electron chi connectivity index (χ0n) is 5.16. The molecular weight excluding hydrogens is 128 g/mol. The summed E-state index contributed by atoms with van der Waals surface area (Å²) < 4.78 is 4.63. The summed E-state index contributed by atoms with van der Waals surface area (Å²) in [7, 11) is 0. The molecule has 1 aromatic heterocycles. The van der Waals surface area contributed by atoms with Crippen molar-refractivity contribution in [1.29, 1.82) is 0 Å². The first-order valence-electron chi connectivity index (χ1n) is 2.94. The second kappa shape index (κ2) is 1.73. The van der Waals surface area contributed by atoms with Crippen molar-refractivity contribution in [3.63, 3.8) is 0 Å². The van der Waals surface area contributed by atoms with Crippen LogP contribution < -0.4 is 5.73 Å². The minimum absolute atomic E-state index is 0.135. The van der Waals surface area contributed by atoms with Crippen LogP contribution in [0.25, 0.3) is 10.9 Å². The highest BCUT2D eigenvalue weighted by molar-refractivity contribution is 5.85. The van der Waals surface area contributed by atoms with Gasteiger partial charge >= 0.3 is 0 Å². The topological polar surface area (TPSA) is 49.8 Å². The van der Waals surface area contributed by atoms with Crippen molar-refractivity contribution < 1.29 is 4.52 Å². The lowest BCUT2D eigenvalue weighted by Gasteiger charge is -1.81. The molecule has 0 aliphatic rings. The molecule has 2 rings (SSSR count). The lowest BCUT2D eigenvalue weighted by Crippen LogP contribution is -1.64. The largest absolute Gasteiger partial charge is 0.336 e. The van der Waals surface area contributed by atoms with Crippen LogP contribution >= 0.6 is 0 Å². The third-order valence-electron chi connectivity index (χ3n) is 1.38. The van der Waals surface area contributed by atoms with Gasteiger partial charge in [-0.15, -0.1) is 0 Å². The molecule has 10 heavy (non-hydrogen) atoms. The molecule has 0 unspecified atom stereocenters. The molecule has 3 nitrogen and oxygen atoms in total. The van der Waals surface area contributed by atoms with Gasteiger partial charge in [0.15, 0.2) is 0 Å². The van der Waals surface area contributed by atoms with E-state index in [1.54, 1.807) is 0 Å². The van der Waals surface area contributed by atoms with Crippen LogP contribution in [0, 0.1) is 0 Å². The predicted molar refractivity (Wildman–Crippen MR) is 36.8 cm³/mol. The SMILES string of the molecule is [NH]c1onc2ccccc12. The number of rotatable bonds is 0. The van der Waals surface area contributed by atoms with Crippen LogP contribution in [0.2, 0.25) is 0 Å². The van der Waals surface area contributed by atoms with Gasteiger partial charge in [0.1, 0.15) is 5.52 Å². The normalized spacial score (nSPS) is 10.4. The van der Waals surface area contributed by atoms with E-state index in [1.165, 1.54) is 0 Å². The van der Waals surface area contributed by atoms with Crippen molar-refractivity contribution in [3.8, 4) is 0 Å². The quantitative estimate of drug-likeness (QED) is 0.549. The Morgan fingerprint density at radius 1 is 1.30 bits per heavy atom. The summed E-state index contributed by atoms with van der Waals surface area (Å²) in [5.41, 5.74) is 7.96. The zero-order valence-corrected chi connectivity index (χ0v) is 5.16. The summed E-state index contributed by atoms with van der Waals surface area (Å²) in [4.78, 5) is 0. The molecule has 0 saturated carbocycles. The predicted octanol–water partition coefficient (Wildman–Crippen LogP) is 1.74. The molecule has 0 atom stereocenters. The molecule has 1 aromatic carbocycles. The summed E-state index contributed by atoms with van der Waals surface area (Å²) in [6, 6.07) is 7.35. The highest BCUT2D eigenvalue weighted by Gasteiger charge is 2.01. The number of hydrogen-bond donors (Lipinski definition) is 0. The number of hydrogen-bond acceptors (Lipinski definition) is 2. The summed E-state index contributed by atoms with van der Waals surface area (Å²) in [5.74, 6) is 0.135. The average Bonchev–Trinajstić information content (AvgIpc) is 2.34. The van der Waals surface area contributed by atoms with Crippen LogP contribution in [0.4, 0.5) is 5.88 Å². The average molecular weight is 133 g/mol. The van der Waals surface area contributed by atoms with Gasteiger partial charge in [-0.3, -0.25) is 5.73 Å². The molecule has 2 aromatic rings. The van der Waals surface area contributed by atoms with Gasteiger partial charge < -0.3 is 4.52 Å². The molecule has 1 N–H and O–H groups in total. The van der Waals surface area contributed by atoms with E-state index in [-0.39, 0.29) is 5.88 Å². The standard InChI is InChI=1S/C7H5N2O/c8-7-5-3-1-2-4-6(5)9-10-7/h1-4,8H. The van der Waals surface area contributed by atoms with Gasteiger partial charge in [-0.2, -0.15) is 0 Å². The second-order valence-corrected chi connectivity index (χ2v) is 2.03. The molecule has 3 heteroatoms. The van der Waals surface area contributed by atoms with E-state index < -0.39 is 0 Å². The van der Waals surface area contributed by atoms with Gasteiger partial charge in [-0.05, 0) is 12.1 Å². The first kappa shape index (κ1) is 5.29. The molecule has 1 radical (unpaired) electrons. The third-order valence-corrected chi connectivity index (χ3v) is 1.38. The van der Waals surface area contributed by atoms with Gasteiger partial charge in [0.25, 0.3) is 5.88 Å². The fourth-order valence-corrected chi connectivity index (χ4v) is 0.889. The van der Waals surface area contributed by atoms with Gasteiger partial charge in [-0.1, -0.05) is 17.3 Å². The number of fused-ring (bicyclic) bond motifs is 1. The maximum Gasteiger partial charge on any atom is 0.251 e. The van der Waals surface area contributed by atoms with Gasteiger partial charge in [0.2, 0.25) is 0 Å². The molecule has 0 saturated heterocycles. The Hall–Kier alpha value is -1.51. The first-order valence-corrected chi connectivity index (χ1v) is 2.94. The van der Waals surface area contributed by atoms with Crippen LogP contribution in [0.5, 0.6) is 0 Å². The fourth-order valence-electron chi connectivity index (χ4n) is 0.889. The van der Waals surface area contributed by atoms with Gasteiger partial charge in [-0.25, -0.2) is 0 Å². The lowest BCUT2D eigenvalue weighted by molar-refractivity contribution is 0.436. The molecule has 0 spiro atoms. The lowest BCUT2D eigenvalue weighted by atomic mass is 10.2. The number of nitrogens with one attached hydrogen (secondary N) is 1. The van der Waals surface area contributed by atoms with E-state index in [2.05, 4.69) is 9.68 Å². The van der Waals surface area contributed by atoms with Crippen molar-refractivity contribution in [2.75, 3.05) is 0 Å². The fraction of sp³-hybridized carbons (Fsp3) is 0. The van der Waals surface area contributed by atoms with Crippen molar-refractivity contribution in [1.82, 2.24) is 10.9 Å². The molecule has 1 heterocycles. The molecule has 0 aliphatic carbocycles. The highest BCUT2D eigenvalue weighted by Crippen LogP contribution is 2.19. The minimum atomic E-state index is 0.135. The van der Waals surface area contributed by atoms with E-state index >= 15 is 0 Å². The smallest absolute Gasteiger partial charge is 0.251 e. The van der Waals surface area contributed by atoms with Crippen molar-refractivity contribution in [2.45, 2.75) is 0 Å². The Kier molecular flexibility index (Phi) is 0.917. The Balaban J connectivity index is 2.93. The van der Waals surface area contributed by atoms with E-state index in [4.69, 9.17) is 5.73 Å². The Labute approximate surface area is 57.4 Å². The van der Waals surface area contributed by atoms with Crippen molar-refractivity contribution in [2.24, 2.45) is 0 Å². The number of aromatic nitrogens is 1. The van der Waals surface area contributed by atoms with E-state index in [0.29, 0.717) is 0 Å². The molecule has 49 valence electrons. The van der Waals surface area contributed by atoms with Crippen molar-refractivity contribution in [3.05, 3.63) is 24.3 Å². The van der Waals surface area contributed by atoms with Crippen LogP contribution in [-0.4, -0.2) is 5.16 Å². The Morgan fingerprint density at radius 2 is 2.10 bits per heavy atom. The van der Waals surface area contributed by atoms with E-state index in [9.17, 15) is 0 Å². The molecule has 0 fully saturated rings. The van der Waals surface area contributed by atoms with Crippen LogP contribution in [-0.2, 0) is 0 Å². The zero-order chi connectivity index (χ0) is 6.97. The second-order valence-electron chi connectivity index (χ2n) is 2.03. The van der Waals surface area contributed by atoms with Crippen LogP contribution in [0.3, 0.4) is 0 Å². The maximum atomic E-state index is 7.21. The maximum absolute atomic E-state index is 7.21. The molecule has 0 bridgehead atoms. The molecule has 0 amide bonds. The van der Waals surface area contributed by atoms with Crippen LogP contribution in [0.1, 0.15) is 0 Å². The highest BCUT2D eigenvalue weighted by atomic mass is 16.5. The summed E-state index contributed by atoms with van der Waals surface area (Å²) in [5, 5.41) is 4.42. The number of benzene rings is 1. The van der Waals surface area contributed by atoms with E-state index in [0.717, 1.165) is 10.9 Å².